The second-order valence-electron chi connectivity index (χ2n) is 7.11. The Bertz CT molecular complexity index is 1170. The quantitative estimate of drug-likeness (QED) is 0.498. The van der Waals surface area contributed by atoms with Crippen molar-refractivity contribution in [3.8, 4) is 11.5 Å². The zero-order valence-electron chi connectivity index (χ0n) is 16.8. The van der Waals surface area contributed by atoms with Gasteiger partial charge in [-0.1, -0.05) is 34.1 Å². The molecule has 1 aliphatic heterocycles. The maximum absolute atomic E-state index is 13.6. The molecule has 1 amide bonds. The molecule has 4 rings (SSSR count). The molecule has 0 spiro atoms. The molecule has 3 aromatic rings. The van der Waals surface area contributed by atoms with Crippen LogP contribution in [0.1, 0.15) is 11.1 Å². The number of fused-ring (bicyclic) bond motifs is 2. The molecule has 0 bridgehead atoms. The van der Waals surface area contributed by atoms with Gasteiger partial charge >= 0.3 is 6.18 Å². The molecule has 0 radical (unpaired) electrons. The van der Waals surface area contributed by atoms with Crippen molar-refractivity contribution in [1.29, 1.82) is 0 Å². The van der Waals surface area contributed by atoms with Crippen LogP contribution in [0.15, 0.2) is 53.0 Å². The number of hydrogen-bond donors (Lipinski definition) is 1. The predicted octanol–water partition coefficient (Wildman–Crippen LogP) is 5.30. The third kappa shape index (κ3) is 4.37. The van der Waals surface area contributed by atoms with E-state index < -0.39 is 29.4 Å². The number of anilines is 1. The van der Waals surface area contributed by atoms with Gasteiger partial charge in [-0.05, 0) is 41.1 Å². The summed E-state index contributed by atoms with van der Waals surface area (Å²) < 4.78 is 52.5. The van der Waals surface area contributed by atoms with E-state index in [0.29, 0.717) is 11.3 Å². The monoisotopic (exact) mass is 530 g/mol. The van der Waals surface area contributed by atoms with Crippen LogP contribution in [-0.2, 0) is 17.5 Å². The van der Waals surface area contributed by atoms with E-state index in [9.17, 15) is 18.0 Å². The van der Waals surface area contributed by atoms with Gasteiger partial charge in [0.05, 0.1) is 24.9 Å². The fourth-order valence-corrected chi connectivity index (χ4v) is 4.07. The maximum atomic E-state index is 13.6. The number of carbonyl (C=O) groups is 1. The average Bonchev–Trinajstić information content (AvgIpc) is 2.85. The summed E-state index contributed by atoms with van der Waals surface area (Å²) in [7, 11) is 1.50. The lowest BCUT2D eigenvalue weighted by molar-refractivity contribution is -0.138. The van der Waals surface area contributed by atoms with Gasteiger partial charge in [-0.25, -0.2) is 0 Å². The average molecular weight is 532 g/mol. The zero-order valence-corrected chi connectivity index (χ0v) is 19.2. The minimum atomic E-state index is -4.64. The highest BCUT2D eigenvalue weighted by molar-refractivity contribution is 9.10. The summed E-state index contributed by atoms with van der Waals surface area (Å²) >= 11 is 3.43. The number of carbonyl (C=O) groups excluding carboxylic acids is 1. The van der Waals surface area contributed by atoms with Crippen LogP contribution in [0.2, 0.25) is 0 Å². The van der Waals surface area contributed by atoms with Crippen molar-refractivity contribution in [2.45, 2.75) is 18.8 Å². The molecular formula is C22H19BrClF3N2O3. The standard InChI is InChI=1S/C22H18BrF3N2O3.ClH/c1-30-19-8-5-12-9-13(23)6-7-14(12)15(19)10-28-18-4-2-3-16(22(24,25)26)20(18)31-11-17(27)21(28)29;/h2-9,17H,10-11,27H2,1H3;1H/t17-;/m0./s1. The Balaban J connectivity index is 0.00000289. The molecule has 2 N–H and O–H groups in total. The Morgan fingerprint density at radius 3 is 2.66 bits per heavy atom. The predicted molar refractivity (Wildman–Crippen MR) is 122 cm³/mol. The first-order valence-corrected chi connectivity index (χ1v) is 10.1. The Morgan fingerprint density at radius 2 is 1.97 bits per heavy atom. The fraction of sp³-hybridized carbons (Fsp3) is 0.227. The number of nitrogens with two attached hydrogens (primary N) is 1. The highest BCUT2D eigenvalue weighted by Crippen LogP contribution is 2.44. The van der Waals surface area contributed by atoms with Crippen molar-refractivity contribution >= 4 is 50.7 Å². The van der Waals surface area contributed by atoms with Gasteiger partial charge in [0.25, 0.3) is 0 Å². The number of benzene rings is 3. The lowest BCUT2D eigenvalue weighted by Crippen LogP contribution is -2.45. The van der Waals surface area contributed by atoms with Crippen molar-refractivity contribution in [1.82, 2.24) is 0 Å². The molecule has 5 nitrogen and oxygen atoms in total. The topological polar surface area (TPSA) is 64.8 Å². The third-order valence-electron chi connectivity index (χ3n) is 5.17. The van der Waals surface area contributed by atoms with Crippen LogP contribution in [0.3, 0.4) is 0 Å². The molecule has 32 heavy (non-hydrogen) atoms. The van der Waals surface area contributed by atoms with Crippen LogP contribution in [0.4, 0.5) is 18.9 Å². The number of methoxy groups -OCH3 is 1. The van der Waals surface area contributed by atoms with Gasteiger partial charge in [0.1, 0.15) is 18.4 Å². The molecule has 0 fully saturated rings. The van der Waals surface area contributed by atoms with Gasteiger partial charge in [0.2, 0.25) is 5.91 Å². The van der Waals surface area contributed by atoms with Gasteiger partial charge in [-0.15, -0.1) is 12.4 Å². The van der Waals surface area contributed by atoms with Gasteiger partial charge in [-0.3, -0.25) is 4.79 Å². The van der Waals surface area contributed by atoms with E-state index in [1.165, 1.54) is 24.1 Å². The Hall–Kier alpha value is -2.49. The minimum Gasteiger partial charge on any atom is -0.496 e. The molecule has 1 atom stereocenters. The summed E-state index contributed by atoms with van der Waals surface area (Å²) in [6.45, 7) is -0.388. The Kier molecular flexibility index (Phi) is 6.92. The molecule has 10 heteroatoms. The van der Waals surface area contributed by atoms with Crippen molar-refractivity contribution in [3.63, 3.8) is 0 Å². The first kappa shape index (κ1) is 24.2. The SMILES string of the molecule is COc1ccc2cc(Br)ccc2c1CN1C(=O)[C@@H](N)COc2c1cccc2C(F)(F)F.Cl. The van der Waals surface area contributed by atoms with Crippen LogP contribution in [0.5, 0.6) is 11.5 Å². The van der Waals surface area contributed by atoms with Crippen LogP contribution < -0.4 is 20.1 Å². The largest absolute Gasteiger partial charge is 0.496 e. The van der Waals surface area contributed by atoms with Crippen LogP contribution in [0, 0.1) is 0 Å². The smallest absolute Gasteiger partial charge is 0.420 e. The van der Waals surface area contributed by atoms with Crippen molar-refractivity contribution < 1.29 is 27.4 Å². The van der Waals surface area contributed by atoms with E-state index in [1.807, 2.05) is 24.3 Å². The first-order chi connectivity index (χ1) is 14.7. The molecule has 0 saturated carbocycles. The van der Waals surface area contributed by atoms with Crippen molar-refractivity contribution in [2.24, 2.45) is 5.73 Å². The summed E-state index contributed by atoms with van der Waals surface area (Å²) in [5.41, 5.74) is 5.64. The first-order valence-electron chi connectivity index (χ1n) is 9.36. The van der Waals surface area contributed by atoms with Crippen molar-refractivity contribution in [2.75, 3.05) is 18.6 Å². The summed E-state index contributed by atoms with van der Waals surface area (Å²) in [6.07, 6.45) is -4.64. The molecule has 1 aliphatic rings. The number of rotatable bonds is 3. The van der Waals surface area contributed by atoms with E-state index in [-0.39, 0.29) is 31.2 Å². The highest BCUT2D eigenvalue weighted by atomic mass is 79.9. The summed E-state index contributed by atoms with van der Waals surface area (Å²) in [6, 6.07) is 11.7. The van der Waals surface area contributed by atoms with Gasteiger partial charge in [0.15, 0.2) is 5.75 Å². The van der Waals surface area contributed by atoms with Crippen LogP contribution in [-0.4, -0.2) is 25.7 Å². The number of hydrogen-bond acceptors (Lipinski definition) is 4. The van der Waals surface area contributed by atoms with Gasteiger partial charge in [-0.2, -0.15) is 13.2 Å². The van der Waals surface area contributed by atoms with Gasteiger partial charge < -0.3 is 20.1 Å². The molecule has 0 aromatic heterocycles. The van der Waals surface area contributed by atoms with Crippen LogP contribution in [0.25, 0.3) is 10.8 Å². The van der Waals surface area contributed by atoms with Crippen LogP contribution >= 0.6 is 28.3 Å². The number of amides is 1. The molecule has 3 aromatic carbocycles. The Morgan fingerprint density at radius 1 is 1.22 bits per heavy atom. The molecule has 0 unspecified atom stereocenters. The summed E-state index contributed by atoms with van der Waals surface area (Å²) in [4.78, 5) is 14.3. The number of alkyl halides is 3. The number of nitrogens with zero attached hydrogens (tertiary/aromatic N) is 1. The molecule has 170 valence electrons. The number of para-hydroxylation sites is 1. The lowest BCUT2D eigenvalue weighted by Gasteiger charge is -2.26. The lowest BCUT2D eigenvalue weighted by atomic mass is 10.0. The maximum Gasteiger partial charge on any atom is 0.420 e. The van der Waals surface area contributed by atoms with E-state index >= 15 is 0 Å². The second kappa shape index (κ2) is 9.17. The minimum absolute atomic E-state index is 0. The van der Waals surface area contributed by atoms with E-state index in [0.717, 1.165) is 21.3 Å². The molecule has 0 aliphatic carbocycles. The molecular weight excluding hydrogens is 513 g/mol. The third-order valence-corrected chi connectivity index (χ3v) is 5.66. The van der Waals surface area contributed by atoms with Gasteiger partial charge in [0, 0.05) is 10.0 Å². The summed E-state index contributed by atoms with van der Waals surface area (Å²) in [5.74, 6) is -0.428. The summed E-state index contributed by atoms with van der Waals surface area (Å²) in [5, 5.41) is 1.69. The number of halogens is 5. The zero-order chi connectivity index (χ0) is 22.3. The molecule has 0 saturated heterocycles. The van der Waals surface area contributed by atoms with E-state index in [2.05, 4.69) is 15.9 Å². The Labute approximate surface area is 196 Å². The van der Waals surface area contributed by atoms with Crippen molar-refractivity contribution in [3.05, 3.63) is 64.1 Å². The van der Waals surface area contributed by atoms with E-state index in [1.54, 1.807) is 6.07 Å². The second-order valence-corrected chi connectivity index (χ2v) is 8.02. The molecule has 1 heterocycles. The highest BCUT2D eigenvalue weighted by Gasteiger charge is 2.39. The fourth-order valence-electron chi connectivity index (χ4n) is 3.70. The van der Waals surface area contributed by atoms with E-state index in [4.69, 9.17) is 15.2 Å². The normalized spacial score (nSPS) is 16.1. The number of ether oxygens (including phenoxy) is 2.